The van der Waals surface area contributed by atoms with Gasteiger partial charge >= 0.3 is 11.9 Å². The molecule has 1 N–H and O–H groups in total. The van der Waals surface area contributed by atoms with Crippen LogP contribution in [0.2, 0.25) is 0 Å². The Balaban J connectivity index is 1.40. The zero-order chi connectivity index (χ0) is 22.7. The first kappa shape index (κ1) is 21.8. The number of carboxylic acids is 1. The van der Waals surface area contributed by atoms with Gasteiger partial charge in [0.05, 0.1) is 18.0 Å². The van der Waals surface area contributed by atoms with Gasteiger partial charge in [-0.1, -0.05) is 59.8 Å². The summed E-state index contributed by atoms with van der Waals surface area (Å²) < 4.78 is 11.1. The third-order valence-corrected chi connectivity index (χ3v) is 5.81. The van der Waals surface area contributed by atoms with Crippen molar-refractivity contribution in [1.29, 1.82) is 0 Å². The van der Waals surface area contributed by atoms with Crippen LogP contribution < -0.4 is 0 Å². The van der Waals surface area contributed by atoms with Crippen molar-refractivity contribution in [3.8, 4) is 11.3 Å². The van der Waals surface area contributed by atoms with Gasteiger partial charge in [-0.15, -0.1) is 0 Å². The Labute approximate surface area is 186 Å². The van der Waals surface area contributed by atoms with E-state index in [9.17, 15) is 9.59 Å². The largest absolute Gasteiger partial charge is 0.481 e. The number of benzene rings is 2. The summed E-state index contributed by atoms with van der Waals surface area (Å²) in [6, 6.07) is 17.5. The van der Waals surface area contributed by atoms with Crippen LogP contribution in [0.1, 0.15) is 35.4 Å². The molecule has 4 rings (SSSR count). The summed E-state index contributed by atoms with van der Waals surface area (Å²) in [6.07, 6.45) is -0.262. The SMILES string of the molecule is Cc1noc(-c2ccc(CN3CC(C(=O)O)C3)cc2)c1CC(=O)O[C@H](C)c1ccccc1. The molecule has 0 bridgehead atoms. The monoisotopic (exact) mass is 434 g/mol. The van der Waals surface area contributed by atoms with Crippen molar-refractivity contribution in [2.45, 2.75) is 32.9 Å². The lowest BCUT2D eigenvalue weighted by Gasteiger charge is -2.36. The van der Waals surface area contributed by atoms with E-state index in [1.807, 2.05) is 68.4 Å². The van der Waals surface area contributed by atoms with Gasteiger partial charge in [0.2, 0.25) is 0 Å². The van der Waals surface area contributed by atoms with Gasteiger partial charge in [0, 0.05) is 30.8 Å². The zero-order valence-electron chi connectivity index (χ0n) is 18.2. The van der Waals surface area contributed by atoms with E-state index in [4.69, 9.17) is 14.4 Å². The third kappa shape index (κ3) is 4.89. The van der Waals surface area contributed by atoms with E-state index in [-0.39, 0.29) is 24.4 Å². The number of rotatable bonds is 8. The van der Waals surface area contributed by atoms with Crippen LogP contribution in [0.25, 0.3) is 11.3 Å². The van der Waals surface area contributed by atoms with Gasteiger partial charge in [-0.25, -0.2) is 0 Å². The van der Waals surface area contributed by atoms with Crippen LogP contribution in [0.15, 0.2) is 59.1 Å². The van der Waals surface area contributed by atoms with Gasteiger partial charge in [-0.2, -0.15) is 0 Å². The maximum Gasteiger partial charge on any atom is 0.311 e. The van der Waals surface area contributed by atoms with E-state index in [2.05, 4.69) is 10.1 Å². The smallest absolute Gasteiger partial charge is 0.311 e. The van der Waals surface area contributed by atoms with Crippen molar-refractivity contribution in [2.24, 2.45) is 5.92 Å². The van der Waals surface area contributed by atoms with E-state index in [0.717, 1.165) is 22.3 Å². The first-order chi connectivity index (χ1) is 15.4. The fourth-order valence-corrected chi connectivity index (χ4v) is 3.87. The number of carbonyl (C=O) groups excluding carboxylic acids is 1. The predicted octanol–water partition coefficient (Wildman–Crippen LogP) is 4.01. The van der Waals surface area contributed by atoms with Crippen molar-refractivity contribution in [3.05, 3.63) is 77.0 Å². The third-order valence-electron chi connectivity index (χ3n) is 5.81. The summed E-state index contributed by atoms with van der Waals surface area (Å²) in [7, 11) is 0. The Morgan fingerprint density at radius 3 is 2.50 bits per heavy atom. The van der Waals surface area contributed by atoms with Gasteiger partial charge in [0.1, 0.15) is 6.10 Å². The number of likely N-dealkylation sites (tertiary alicyclic amines) is 1. The Bertz CT molecular complexity index is 1090. The number of aromatic nitrogens is 1. The maximum absolute atomic E-state index is 12.6. The average Bonchev–Trinajstić information content (AvgIpc) is 3.11. The topological polar surface area (TPSA) is 92.9 Å². The summed E-state index contributed by atoms with van der Waals surface area (Å²) in [6.45, 7) is 5.52. The summed E-state index contributed by atoms with van der Waals surface area (Å²) in [5, 5.41) is 13.1. The molecule has 2 heterocycles. The molecular weight excluding hydrogens is 408 g/mol. The molecule has 1 aromatic heterocycles. The Morgan fingerprint density at radius 2 is 1.84 bits per heavy atom. The van der Waals surface area contributed by atoms with Crippen molar-refractivity contribution < 1.29 is 24.0 Å². The molecule has 7 heteroatoms. The Hall–Kier alpha value is -3.45. The maximum atomic E-state index is 12.6. The molecule has 1 aliphatic rings. The van der Waals surface area contributed by atoms with Crippen LogP contribution in [0.4, 0.5) is 0 Å². The molecule has 0 radical (unpaired) electrons. The molecule has 3 aromatic rings. The second-order valence-corrected chi connectivity index (χ2v) is 8.22. The number of hydrogen-bond donors (Lipinski definition) is 1. The summed E-state index contributed by atoms with van der Waals surface area (Å²) >= 11 is 0. The van der Waals surface area contributed by atoms with E-state index in [1.54, 1.807) is 0 Å². The minimum absolute atomic E-state index is 0.0773. The molecule has 0 saturated carbocycles. The lowest BCUT2D eigenvalue weighted by molar-refractivity contribution is -0.148. The predicted molar refractivity (Wildman–Crippen MR) is 118 cm³/mol. The first-order valence-electron chi connectivity index (χ1n) is 10.6. The molecule has 0 unspecified atom stereocenters. The number of nitrogens with zero attached hydrogens (tertiary/aromatic N) is 2. The van der Waals surface area contributed by atoms with Crippen LogP contribution in [0.5, 0.6) is 0 Å². The van der Waals surface area contributed by atoms with Crippen LogP contribution in [0, 0.1) is 12.8 Å². The van der Waals surface area contributed by atoms with Crippen LogP contribution in [-0.4, -0.2) is 40.2 Å². The first-order valence-corrected chi connectivity index (χ1v) is 10.6. The molecule has 0 spiro atoms. The molecule has 0 aliphatic carbocycles. The average molecular weight is 434 g/mol. The number of carbonyl (C=O) groups is 2. The highest BCUT2D eigenvalue weighted by Gasteiger charge is 2.32. The Morgan fingerprint density at radius 1 is 1.16 bits per heavy atom. The summed E-state index contributed by atoms with van der Waals surface area (Å²) in [5.41, 5.74) is 4.24. The molecule has 2 aromatic carbocycles. The molecule has 166 valence electrons. The fraction of sp³-hybridized carbons (Fsp3) is 0.320. The normalized spacial score (nSPS) is 15.2. The van der Waals surface area contributed by atoms with Crippen molar-refractivity contribution in [2.75, 3.05) is 13.1 Å². The lowest BCUT2D eigenvalue weighted by atomic mass is 9.99. The highest BCUT2D eigenvalue weighted by atomic mass is 16.5. The van der Waals surface area contributed by atoms with E-state index in [1.165, 1.54) is 0 Å². The number of aliphatic carboxylic acids is 1. The molecule has 32 heavy (non-hydrogen) atoms. The molecule has 1 saturated heterocycles. The van der Waals surface area contributed by atoms with Gasteiger partial charge < -0.3 is 14.4 Å². The highest BCUT2D eigenvalue weighted by Crippen LogP contribution is 2.29. The molecular formula is C25H26N2O5. The number of esters is 1. The molecule has 0 amide bonds. The van der Waals surface area contributed by atoms with Gasteiger partial charge in [-0.3, -0.25) is 14.5 Å². The van der Waals surface area contributed by atoms with Crippen LogP contribution in [-0.2, 0) is 27.3 Å². The second-order valence-electron chi connectivity index (χ2n) is 8.22. The number of hydrogen-bond acceptors (Lipinski definition) is 6. The van der Waals surface area contributed by atoms with Crippen LogP contribution in [0.3, 0.4) is 0 Å². The van der Waals surface area contributed by atoms with E-state index in [0.29, 0.717) is 31.1 Å². The summed E-state index contributed by atoms with van der Waals surface area (Å²) in [5.74, 6) is -0.774. The molecule has 1 atom stereocenters. The Kier molecular flexibility index (Phi) is 6.37. The van der Waals surface area contributed by atoms with E-state index < -0.39 is 5.97 Å². The van der Waals surface area contributed by atoms with Crippen molar-refractivity contribution in [1.82, 2.24) is 10.1 Å². The molecule has 7 nitrogen and oxygen atoms in total. The quantitative estimate of drug-likeness (QED) is 0.536. The molecule has 1 aliphatic heterocycles. The van der Waals surface area contributed by atoms with Gasteiger partial charge in [0.25, 0.3) is 0 Å². The van der Waals surface area contributed by atoms with Gasteiger partial charge in [0.15, 0.2) is 5.76 Å². The number of aryl methyl sites for hydroxylation is 1. The minimum atomic E-state index is -0.735. The van der Waals surface area contributed by atoms with Crippen molar-refractivity contribution in [3.63, 3.8) is 0 Å². The standard InChI is InChI=1S/C25H26N2O5/c1-16-22(12-23(28)31-17(2)19-6-4-3-5-7-19)24(32-26-16)20-10-8-18(9-11-20)13-27-14-21(15-27)25(29)30/h3-11,17,21H,12-15H2,1-2H3,(H,29,30)/t17-/m1/s1. The van der Waals surface area contributed by atoms with Gasteiger partial charge in [-0.05, 0) is 25.0 Å². The molecule has 1 fully saturated rings. The van der Waals surface area contributed by atoms with Crippen molar-refractivity contribution >= 4 is 11.9 Å². The van der Waals surface area contributed by atoms with Crippen LogP contribution >= 0.6 is 0 Å². The second kappa shape index (κ2) is 9.36. The number of carboxylic acid groups (broad SMARTS) is 1. The lowest BCUT2D eigenvalue weighted by Crippen LogP contribution is -2.49. The van der Waals surface area contributed by atoms with E-state index >= 15 is 0 Å². The summed E-state index contributed by atoms with van der Waals surface area (Å²) in [4.78, 5) is 25.6. The highest BCUT2D eigenvalue weighted by molar-refractivity contribution is 5.77. The minimum Gasteiger partial charge on any atom is -0.481 e. The zero-order valence-corrected chi connectivity index (χ0v) is 18.2. The number of ether oxygens (including phenoxy) is 1. The fourth-order valence-electron chi connectivity index (χ4n) is 3.87.